The Bertz CT molecular complexity index is 448. The number of thiophene rings is 1. The molecule has 0 aliphatic heterocycles. The van der Waals surface area contributed by atoms with Gasteiger partial charge in [0, 0.05) is 10.1 Å². The highest BCUT2D eigenvalue weighted by Gasteiger charge is 2.09. The maximum Gasteiger partial charge on any atom is 0.186 e. The standard InChI is InChI=1S/C9H8O2S2/c10-4-5-2-1-3-6-7(12)9(11)13-8(5)6/h1-3,10-12H,4H2. The summed E-state index contributed by atoms with van der Waals surface area (Å²) in [7, 11) is 0. The molecule has 2 nitrogen and oxygen atoms in total. The summed E-state index contributed by atoms with van der Waals surface area (Å²) in [5.74, 6) is 0. The zero-order valence-electron chi connectivity index (χ0n) is 6.69. The van der Waals surface area contributed by atoms with Crippen LogP contribution in [0.4, 0.5) is 0 Å². The molecule has 0 amide bonds. The molecular weight excluding hydrogens is 204 g/mol. The fourth-order valence-electron chi connectivity index (χ4n) is 1.28. The number of aromatic hydroxyl groups is 1. The first-order valence-corrected chi connectivity index (χ1v) is 5.03. The number of rotatable bonds is 1. The van der Waals surface area contributed by atoms with Gasteiger partial charge in [-0.2, -0.15) is 0 Å². The molecule has 0 spiro atoms. The number of aliphatic hydroxyl groups is 1. The highest BCUT2D eigenvalue weighted by molar-refractivity contribution is 7.81. The van der Waals surface area contributed by atoms with Gasteiger partial charge in [-0.1, -0.05) is 29.5 Å². The third-order valence-electron chi connectivity index (χ3n) is 1.92. The molecule has 2 rings (SSSR count). The Kier molecular flexibility index (Phi) is 2.19. The molecule has 13 heavy (non-hydrogen) atoms. The number of fused-ring (bicyclic) bond motifs is 1. The van der Waals surface area contributed by atoms with Crippen molar-refractivity contribution < 1.29 is 10.2 Å². The van der Waals surface area contributed by atoms with E-state index in [9.17, 15) is 5.11 Å². The summed E-state index contributed by atoms with van der Waals surface area (Å²) in [4.78, 5) is 0.593. The number of thiol groups is 1. The average Bonchev–Trinajstić information content (AvgIpc) is 2.43. The van der Waals surface area contributed by atoms with Crippen molar-refractivity contribution in [2.75, 3.05) is 0 Å². The predicted octanol–water partition coefficient (Wildman–Crippen LogP) is 2.39. The summed E-state index contributed by atoms with van der Waals surface area (Å²) in [6, 6.07) is 5.57. The molecule has 1 aromatic heterocycles. The first-order valence-electron chi connectivity index (χ1n) is 3.77. The van der Waals surface area contributed by atoms with Crippen molar-refractivity contribution in [3.63, 3.8) is 0 Å². The molecule has 0 aliphatic carbocycles. The van der Waals surface area contributed by atoms with Crippen LogP contribution in [0.15, 0.2) is 23.1 Å². The van der Waals surface area contributed by atoms with Gasteiger partial charge in [0.25, 0.3) is 0 Å². The monoisotopic (exact) mass is 212 g/mol. The smallest absolute Gasteiger partial charge is 0.186 e. The van der Waals surface area contributed by atoms with Crippen LogP contribution in [-0.2, 0) is 6.61 Å². The Morgan fingerprint density at radius 1 is 1.38 bits per heavy atom. The highest BCUT2D eigenvalue weighted by atomic mass is 32.1. The second-order valence-corrected chi connectivity index (χ2v) is 4.15. The third kappa shape index (κ3) is 1.31. The van der Waals surface area contributed by atoms with E-state index in [0.29, 0.717) is 4.90 Å². The summed E-state index contributed by atoms with van der Waals surface area (Å²) in [6.45, 7) is -0.00941. The molecule has 0 aliphatic rings. The van der Waals surface area contributed by atoms with Gasteiger partial charge in [0.15, 0.2) is 5.06 Å². The first-order chi connectivity index (χ1) is 6.24. The van der Waals surface area contributed by atoms with E-state index in [-0.39, 0.29) is 11.7 Å². The Morgan fingerprint density at radius 2 is 2.15 bits per heavy atom. The van der Waals surface area contributed by atoms with Gasteiger partial charge in [0.2, 0.25) is 0 Å². The largest absolute Gasteiger partial charge is 0.499 e. The molecule has 2 aromatic rings. The maximum absolute atomic E-state index is 9.42. The summed E-state index contributed by atoms with van der Waals surface area (Å²) in [5.41, 5.74) is 0.832. The lowest BCUT2D eigenvalue weighted by Crippen LogP contribution is -1.80. The zero-order valence-corrected chi connectivity index (χ0v) is 8.40. The normalized spacial score (nSPS) is 10.9. The van der Waals surface area contributed by atoms with Crippen LogP contribution in [0.3, 0.4) is 0 Å². The minimum absolute atomic E-state index is 0.00941. The molecule has 0 unspecified atom stereocenters. The summed E-state index contributed by atoms with van der Waals surface area (Å²) < 4.78 is 0.910. The maximum atomic E-state index is 9.42. The first kappa shape index (κ1) is 8.87. The SMILES string of the molecule is OCc1cccc2c(S)c(O)sc12. The lowest BCUT2D eigenvalue weighted by Gasteiger charge is -1.96. The molecule has 4 heteroatoms. The number of benzene rings is 1. The second-order valence-electron chi connectivity index (χ2n) is 2.71. The van der Waals surface area contributed by atoms with Gasteiger partial charge in [-0.3, -0.25) is 0 Å². The average molecular weight is 212 g/mol. The van der Waals surface area contributed by atoms with Crippen LogP contribution in [0, 0.1) is 0 Å². The lowest BCUT2D eigenvalue weighted by molar-refractivity contribution is 0.283. The van der Waals surface area contributed by atoms with Crippen LogP contribution in [-0.4, -0.2) is 10.2 Å². The Balaban J connectivity index is 2.84. The molecule has 0 fully saturated rings. The molecule has 1 heterocycles. The van der Waals surface area contributed by atoms with Gasteiger partial charge in [-0.05, 0) is 5.56 Å². The van der Waals surface area contributed by atoms with Gasteiger partial charge < -0.3 is 10.2 Å². The van der Waals surface area contributed by atoms with Gasteiger partial charge in [0.05, 0.1) is 11.5 Å². The van der Waals surface area contributed by atoms with Crippen molar-refractivity contribution in [3.05, 3.63) is 23.8 Å². The molecule has 2 N–H and O–H groups in total. The van der Waals surface area contributed by atoms with Crippen LogP contribution in [0.25, 0.3) is 10.1 Å². The molecule has 0 bridgehead atoms. The number of hydrogen-bond acceptors (Lipinski definition) is 4. The molecule has 0 atom stereocenters. The topological polar surface area (TPSA) is 40.5 Å². The van der Waals surface area contributed by atoms with Gasteiger partial charge in [0.1, 0.15) is 0 Å². The molecule has 0 radical (unpaired) electrons. The number of aliphatic hydroxyl groups excluding tert-OH is 1. The van der Waals surface area contributed by atoms with Gasteiger partial charge >= 0.3 is 0 Å². The molecule has 1 aromatic carbocycles. The van der Waals surface area contributed by atoms with Crippen molar-refractivity contribution in [1.82, 2.24) is 0 Å². The number of hydrogen-bond donors (Lipinski definition) is 3. The Labute approximate surface area is 84.9 Å². The quantitative estimate of drug-likeness (QED) is 0.635. The Hall–Kier alpha value is -0.710. The summed E-state index contributed by atoms with van der Waals surface area (Å²) in [6.07, 6.45) is 0. The second kappa shape index (κ2) is 3.21. The van der Waals surface area contributed by atoms with Crippen LogP contribution >= 0.6 is 24.0 Å². The predicted molar refractivity (Wildman–Crippen MR) is 56.7 cm³/mol. The molecule has 0 saturated heterocycles. The summed E-state index contributed by atoms with van der Waals surface area (Å²) >= 11 is 5.43. The Morgan fingerprint density at radius 3 is 2.85 bits per heavy atom. The van der Waals surface area contributed by atoms with Gasteiger partial charge in [-0.15, -0.1) is 12.6 Å². The minimum atomic E-state index is -0.00941. The van der Waals surface area contributed by atoms with Crippen molar-refractivity contribution in [3.8, 4) is 5.06 Å². The van der Waals surface area contributed by atoms with Crippen LogP contribution in [0.1, 0.15) is 5.56 Å². The van der Waals surface area contributed by atoms with E-state index >= 15 is 0 Å². The van der Waals surface area contributed by atoms with Crippen molar-refractivity contribution in [2.45, 2.75) is 11.5 Å². The zero-order chi connectivity index (χ0) is 9.42. The minimum Gasteiger partial charge on any atom is -0.499 e. The van der Waals surface area contributed by atoms with Crippen LogP contribution < -0.4 is 0 Å². The van der Waals surface area contributed by atoms with E-state index in [1.165, 1.54) is 11.3 Å². The van der Waals surface area contributed by atoms with Gasteiger partial charge in [-0.25, -0.2) is 0 Å². The van der Waals surface area contributed by atoms with E-state index in [1.54, 1.807) is 0 Å². The van der Waals surface area contributed by atoms with Crippen molar-refractivity contribution in [1.29, 1.82) is 0 Å². The highest BCUT2D eigenvalue weighted by Crippen LogP contribution is 2.40. The van der Waals surface area contributed by atoms with E-state index in [2.05, 4.69) is 12.6 Å². The van der Waals surface area contributed by atoms with Crippen molar-refractivity contribution >= 4 is 34.1 Å². The van der Waals surface area contributed by atoms with E-state index in [1.807, 2.05) is 18.2 Å². The fraction of sp³-hybridized carbons (Fsp3) is 0.111. The van der Waals surface area contributed by atoms with Crippen molar-refractivity contribution in [2.24, 2.45) is 0 Å². The van der Waals surface area contributed by atoms with E-state index in [0.717, 1.165) is 15.6 Å². The third-order valence-corrected chi connectivity index (χ3v) is 3.61. The van der Waals surface area contributed by atoms with E-state index < -0.39 is 0 Å². The van der Waals surface area contributed by atoms with Crippen LogP contribution in [0.2, 0.25) is 0 Å². The van der Waals surface area contributed by atoms with Crippen LogP contribution in [0.5, 0.6) is 5.06 Å². The molecular formula is C9H8O2S2. The lowest BCUT2D eigenvalue weighted by atomic mass is 10.2. The molecule has 68 valence electrons. The molecule has 0 saturated carbocycles. The fourth-order valence-corrected chi connectivity index (χ4v) is 2.62. The summed E-state index contributed by atoms with van der Waals surface area (Å²) in [5, 5.41) is 19.6. The van der Waals surface area contributed by atoms with E-state index in [4.69, 9.17) is 5.11 Å².